The van der Waals surface area contributed by atoms with Crippen molar-refractivity contribution in [3.63, 3.8) is 0 Å². The molecule has 1 fully saturated rings. The van der Waals surface area contributed by atoms with Gasteiger partial charge in [-0.3, -0.25) is 4.79 Å². The van der Waals surface area contributed by atoms with Crippen LogP contribution in [-0.2, 0) is 11.3 Å². The molecule has 5 nitrogen and oxygen atoms in total. The van der Waals surface area contributed by atoms with Crippen LogP contribution in [0.4, 0.5) is 0 Å². The lowest BCUT2D eigenvalue weighted by Crippen LogP contribution is -2.46. The standard InChI is InChI=1S/C21H29ClN4OS/c1-5-26-19(16-9-11-17(22)12-10-16)24-25-21(26)28-15(4)20(27)23-18-8-6-7-13(2)14(18)3/h9-15,18H,5-8H2,1-4H3,(H,23,27)/t13-,14-,15+,18+/m0/s1. The van der Waals surface area contributed by atoms with Gasteiger partial charge in [0.25, 0.3) is 0 Å². The fourth-order valence-corrected chi connectivity index (χ4v) is 4.82. The summed E-state index contributed by atoms with van der Waals surface area (Å²) in [6.45, 7) is 9.26. The van der Waals surface area contributed by atoms with E-state index in [1.165, 1.54) is 24.6 Å². The molecule has 0 radical (unpaired) electrons. The maximum Gasteiger partial charge on any atom is 0.233 e. The van der Waals surface area contributed by atoms with Crippen LogP contribution in [-0.4, -0.2) is 32.0 Å². The molecule has 0 spiro atoms. The molecule has 0 aliphatic heterocycles. The second kappa shape index (κ2) is 9.31. The molecule has 7 heteroatoms. The molecule has 1 saturated carbocycles. The Bertz CT molecular complexity index is 807. The molecule has 1 aromatic heterocycles. The minimum absolute atomic E-state index is 0.0784. The van der Waals surface area contributed by atoms with Crippen molar-refractivity contribution < 1.29 is 4.79 Å². The van der Waals surface area contributed by atoms with E-state index in [2.05, 4.69) is 36.3 Å². The van der Waals surface area contributed by atoms with Crippen LogP contribution in [0.5, 0.6) is 0 Å². The molecule has 1 aliphatic rings. The van der Waals surface area contributed by atoms with Crippen molar-refractivity contribution in [3.8, 4) is 11.4 Å². The predicted molar refractivity (Wildman–Crippen MR) is 116 cm³/mol. The van der Waals surface area contributed by atoms with E-state index in [-0.39, 0.29) is 17.2 Å². The summed E-state index contributed by atoms with van der Waals surface area (Å²) >= 11 is 7.45. The summed E-state index contributed by atoms with van der Waals surface area (Å²) < 4.78 is 2.04. The van der Waals surface area contributed by atoms with E-state index in [1.54, 1.807) is 0 Å². The van der Waals surface area contributed by atoms with E-state index in [0.717, 1.165) is 29.5 Å². The van der Waals surface area contributed by atoms with Crippen molar-refractivity contribution in [1.82, 2.24) is 20.1 Å². The molecule has 1 N–H and O–H groups in total. The molecule has 3 rings (SSSR count). The summed E-state index contributed by atoms with van der Waals surface area (Å²) in [6.07, 6.45) is 3.51. The summed E-state index contributed by atoms with van der Waals surface area (Å²) in [5.74, 6) is 2.05. The van der Waals surface area contributed by atoms with E-state index in [1.807, 2.05) is 35.8 Å². The van der Waals surface area contributed by atoms with Gasteiger partial charge in [0, 0.05) is 23.2 Å². The number of nitrogens with one attached hydrogen (secondary N) is 1. The van der Waals surface area contributed by atoms with Gasteiger partial charge in [-0.1, -0.05) is 50.1 Å². The first-order valence-electron chi connectivity index (χ1n) is 10.1. The minimum atomic E-state index is -0.225. The summed E-state index contributed by atoms with van der Waals surface area (Å²) in [4.78, 5) is 12.8. The normalized spacial score (nSPS) is 23.4. The third-order valence-corrected chi connectivity index (χ3v) is 7.15. The topological polar surface area (TPSA) is 59.8 Å². The first-order chi connectivity index (χ1) is 13.4. The van der Waals surface area contributed by atoms with Gasteiger partial charge in [-0.15, -0.1) is 10.2 Å². The zero-order valence-electron chi connectivity index (χ0n) is 17.0. The largest absolute Gasteiger partial charge is 0.352 e. The summed E-state index contributed by atoms with van der Waals surface area (Å²) in [5, 5.41) is 13.2. The van der Waals surface area contributed by atoms with Crippen molar-refractivity contribution in [1.29, 1.82) is 0 Å². The van der Waals surface area contributed by atoms with Crippen LogP contribution in [0.1, 0.15) is 47.0 Å². The Balaban J connectivity index is 1.69. The molecule has 152 valence electrons. The van der Waals surface area contributed by atoms with Gasteiger partial charge in [-0.2, -0.15) is 0 Å². The average molecular weight is 421 g/mol. The van der Waals surface area contributed by atoms with Crippen LogP contribution in [0.2, 0.25) is 5.02 Å². The maximum atomic E-state index is 12.8. The van der Waals surface area contributed by atoms with Crippen molar-refractivity contribution >= 4 is 29.3 Å². The summed E-state index contributed by atoms with van der Waals surface area (Å²) in [6, 6.07) is 7.85. The first-order valence-corrected chi connectivity index (χ1v) is 11.3. The quantitative estimate of drug-likeness (QED) is 0.665. The maximum absolute atomic E-state index is 12.8. The molecule has 1 aliphatic carbocycles. The van der Waals surface area contributed by atoms with Crippen molar-refractivity contribution in [2.45, 2.75) is 70.0 Å². The molecule has 2 aromatic rings. The number of carbonyl (C=O) groups is 1. The molecular weight excluding hydrogens is 392 g/mol. The fourth-order valence-electron chi connectivity index (χ4n) is 3.77. The van der Waals surface area contributed by atoms with Gasteiger partial charge in [-0.25, -0.2) is 0 Å². The highest BCUT2D eigenvalue weighted by Gasteiger charge is 2.30. The molecule has 0 saturated heterocycles. The van der Waals surface area contributed by atoms with E-state index >= 15 is 0 Å². The molecule has 0 bridgehead atoms. The number of benzene rings is 1. The lowest BCUT2D eigenvalue weighted by Gasteiger charge is -2.35. The zero-order valence-corrected chi connectivity index (χ0v) is 18.6. The van der Waals surface area contributed by atoms with Crippen molar-refractivity contribution in [3.05, 3.63) is 29.3 Å². The summed E-state index contributed by atoms with van der Waals surface area (Å²) in [7, 11) is 0. The molecule has 4 atom stereocenters. The van der Waals surface area contributed by atoms with E-state index in [4.69, 9.17) is 11.6 Å². The number of aromatic nitrogens is 3. The van der Waals surface area contributed by atoms with Crippen LogP contribution in [0.15, 0.2) is 29.4 Å². The highest BCUT2D eigenvalue weighted by molar-refractivity contribution is 8.00. The van der Waals surface area contributed by atoms with E-state index < -0.39 is 0 Å². The average Bonchev–Trinajstić information content (AvgIpc) is 3.08. The molecule has 1 amide bonds. The van der Waals surface area contributed by atoms with Gasteiger partial charge in [0.15, 0.2) is 11.0 Å². The molecular formula is C21H29ClN4OS. The highest BCUT2D eigenvalue weighted by atomic mass is 35.5. The van der Waals surface area contributed by atoms with Gasteiger partial charge >= 0.3 is 0 Å². The zero-order chi connectivity index (χ0) is 20.3. The van der Waals surface area contributed by atoms with E-state index in [0.29, 0.717) is 16.9 Å². The smallest absolute Gasteiger partial charge is 0.233 e. The monoisotopic (exact) mass is 420 g/mol. The first kappa shape index (κ1) is 21.2. The third-order valence-electron chi connectivity index (χ3n) is 5.82. The van der Waals surface area contributed by atoms with Crippen LogP contribution >= 0.6 is 23.4 Å². The van der Waals surface area contributed by atoms with Crippen molar-refractivity contribution in [2.24, 2.45) is 11.8 Å². The third kappa shape index (κ3) is 4.71. The number of thioether (sulfide) groups is 1. The number of rotatable bonds is 6. The molecule has 28 heavy (non-hydrogen) atoms. The number of hydrogen-bond acceptors (Lipinski definition) is 4. The second-order valence-corrected chi connectivity index (χ2v) is 9.44. The van der Waals surface area contributed by atoms with Crippen LogP contribution in [0.3, 0.4) is 0 Å². The second-order valence-electron chi connectivity index (χ2n) is 7.70. The molecule has 1 aromatic carbocycles. The van der Waals surface area contributed by atoms with Crippen LogP contribution in [0, 0.1) is 11.8 Å². The van der Waals surface area contributed by atoms with Gasteiger partial charge in [0.1, 0.15) is 0 Å². The molecule has 0 unspecified atom stereocenters. The molecule has 1 heterocycles. The predicted octanol–water partition coefficient (Wildman–Crippen LogP) is 5.04. The Labute approximate surface area is 176 Å². The lowest BCUT2D eigenvalue weighted by atomic mass is 9.78. The fraction of sp³-hybridized carbons (Fsp3) is 0.571. The van der Waals surface area contributed by atoms with Gasteiger partial charge in [0.2, 0.25) is 5.91 Å². The van der Waals surface area contributed by atoms with Crippen LogP contribution in [0.25, 0.3) is 11.4 Å². The van der Waals surface area contributed by atoms with Gasteiger partial charge in [-0.05, 0) is 56.4 Å². The lowest BCUT2D eigenvalue weighted by molar-refractivity contribution is -0.121. The Kier molecular flexibility index (Phi) is 7.05. The Hall–Kier alpha value is -1.53. The highest BCUT2D eigenvalue weighted by Crippen LogP contribution is 2.31. The minimum Gasteiger partial charge on any atom is -0.352 e. The Morgan fingerprint density at radius 3 is 2.68 bits per heavy atom. The Morgan fingerprint density at radius 1 is 1.29 bits per heavy atom. The number of hydrogen-bond donors (Lipinski definition) is 1. The number of amides is 1. The summed E-state index contributed by atoms with van der Waals surface area (Å²) in [5.41, 5.74) is 0.965. The Morgan fingerprint density at radius 2 is 2.00 bits per heavy atom. The number of halogens is 1. The number of carbonyl (C=O) groups excluding carboxylic acids is 1. The number of nitrogens with zero attached hydrogens (tertiary/aromatic N) is 3. The SMILES string of the molecule is CCn1c(S[C@H](C)C(=O)N[C@@H]2CCC[C@H](C)[C@@H]2C)nnc1-c1ccc(Cl)cc1. The van der Waals surface area contributed by atoms with E-state index in [9.17, 15) is 4.79 Å². The van der Waals surface area contributed by atoms with Crippen molar-refractivity contribution in [2.75, 3.05) is 0 Å². The van der Waals surface area contributed by atoms with Crippen LogP contribution < -0.4 is 5.32 Å². The van der Waals surface area contributed by atoms with Gasteiger partial charge in [0.05, 0.1) is 5.25 Å². The van der Waals surface area contributed by atoms with Gasteiger partial charge < -0.3 is 9.88 Å².